The molecule has 3 aromatic carbocycles. The van der Waals surface area contributed by atoms with E-state index in [0.717, 1.165) is 16.6 Å². The van der Waals surface area contributed by atoms with Gasteiger partial charge in [0.15, 0.2) is 5.78 Å². The zero-order valence-electron chi connectivity index (χ0n) is 13.9. The Labute approximate surface area is 155 Å². The first-order valence-corrected chi connectivity index (χ1v) is 8.65. The van der Waals surface area contributed by atoms with E-state index in [0.29, 0.717) is 28.6 Å². The minimum Gasteiger partial charge on any atom is -0.352 e. The Kier molecular flexibility index (Phi) is 4.42. The summed E-state index contributed by atoms with van der Waals surface area (Å²) in [5.74, 6) is 0.664. The molecule has 1 aromatic heterocycles. The molecule has 0 aliphatic rings. The van der Waals surface area contributed by atoms with E-state index in [1.54, 1.807) is 0 Å². The lowest BCUT2D eigenvalue weighted by molar-refractivity contribution is 0.103. The van der Waals surface area contributed by atoms with Gasteiger partial charge in [0.2, 0.25) is 5.95 Å². The Morgan fingerprint density at radius 3 is 2.50 bits per heavy atom. The van der Waals surface area contributed by atoms with Gasteiger partial charge < -0.3 is 10.3 Å². The van der Waals surface area contributed by atoms with Crippen LogP contribution in [0.3, 0.4) is 0 Å². The molecular formula is C21H16ClN3O. The molecule has 0 radical (unpaired) electrons. The smallest absolute Gasteiger partial charge is 0.201 e. The zero-order valence-corrected chi connectivity index (χ0v) is 14.6. The van der Waals surface area contributed by atoms with Crippen LogP contribution in [0.5, 0.6) is 0 Å². The molecule has 0 spiro atoms. The predicted octanol–water partition coefficient (Wildman–Crippen LogP) is 5.06. The van der Waals surface area contributed by atoms with Gasteiger partial charge in [-0.05, 0) is 35.9 Å². The molecule has 0 atom stereocenters. The molecule has 26 heavy (non-hydrogen) atoms. The average Bonchev–Trinajstić information content (AvgIpc) is 3.10. The number of nitrogens with zero attached hydrogens (tertiary/aromatic N) is 1. The van der Waals surface area contributed by atoms with Gasteiger partial charge in [0.1, 0.15) is 0 Å². The van der Waals surface area contributed by atoms with Crippen LogP contribution in [0.1, 0.15) is 21.5 Å². The molecule has 2 N–H and O–H groups in total. The van der Waals surface area contributed by atoms with Crippen LogP contribution in [-0.4, -0.2) is 15.8 Å². The van der Waals surface area contributed by atoms with Crippen molar-refractivity contribution in [2.24, 2.45) is 0 Å². The highest BCUT2D eigenvalue weighted by Crippen LogP contribution is 2.19. The highest BCUT2D eigenvalue weighted by molar-refractivity contribution is 6.30. The molecule has 128 valence electrons. The number of imidazole rings is 1. The first kappa shape index (κ1) is 16.4. The SMILES string of the molecule is O=C(c1ccccc1)c1ccc2nc(NCc3ccc(Cl)cc3)[nH]c2c1. The Balaban J connectivity index is 1.54. The van der Waals surface area contributed by atoms with Crippen molar-refractivity contribution in [2.75, 3.05) is 5.32 Å². The Morgan fingerprint density at radius 2 is 1.73 bits per heavy atom. The lowest BCUT2D eigenvalue weighted by Gasteiger charge is -2.02. The number of hydrogen-bond donors (Lipinski definition) is 2. The summed E-state index contributed by atoms with van der Waals surface area (Å²) in [6, 6.07) is 22.4. The standard InChI is InChI=1S/C21H16ClN3O/c22-17-9-6-14(7-10-17)13-23-21-24-18-11-8-16(12-19(18)25-21)20(26)15-4-2-1-3-5-15/h1-12H,13H2,(H2,23,24,25). The Hall–Kier alpha value is -3.11. The topological polar surface area (TPSA) is 57.8 Å². The van der Waals surface area contributed by atoms with Gasteiger partial charge in [-0.2, -0.15) is 0 Å². The summed E-state index contributed by atoms with van der Waals surface area (Å²) in [4.78, 5) is 20.3. The largest absolute Gasteiger partial charge is 0.352 e. The fourth-order valence-electron chi connectivity index (χ4n) is 2.78. The molecule has 4 aromatic rings. The number of carbonyl (C=O) groups is 1. The van der Waals surface area contributed by atoms with Gasteiger partial charge in [-0.25, -0.2) is 4.98 Å². The minimum absolute atomic E-state index is 0.00206. The van der Waals surface area contributed by atoms with Crippen molar-refractivity contribution < 1.29 is 4.79 Å². The average molecular weight is 362 g/mol. The first-order chi connectivity index (χ1) is 12.7. The van der Waals surface area contributed by atoms with E-state index in [1.807, 2.05) is 72.8 Å². The van der Waals surface area contributed by atoms with Crippen LogP contribution in [0.4, 0.5) is 5.95 Å². The van der Waals surface area contributed by atoms with Crippen LogP contribution in [-0.2, 0) is 6.54 Å². The van der Waals surface area contributed by atoms with E-state index >= 15 is 0 Å². The molecule has 4 rings (SSSR count). The van der Waals surface area contributed by atoms with Crippen molar-refractivity contribution in [3.8, 4) is 0 Å². The van der Waals surface area contributed by atoms with E-state index in [1.165, 1.54) is 0 Å². The maximum Gasteiger partial charge on any atom is 0.201 e. The van der Waals surface area contributed by atoms with Crippen LogP contribution in [0.15, 0.2) is 72.8 Å². The molecule has 5 heteroatoms. The maximum atomic E-state index is 12.6. The normalized spacial score (nSPS) is 10.8. The summed E-state index contributed by atoms with van der Waals surface area (Å²) >= 11 is 5.90. The Morgan fingerprint density at radius 1 is 0.962 bits per heavy atom. The fourth-order valence-corrected chi connectivity index (χ4v) is 2.90. The van der Waals surface area contributed by atoms with Crippen LogP contribution < -0.4 is 5.32 Å². The second-order valence-electron chi connectivity index (χ2n) is 5.99. The molecule has 0 amide bonds. The summed E-state index contributed by atoms with van der Waals surface area (Å²) in [6.07, 6.45) is 0. The van der Waals surface area contributed by atoms with Gasteiger partial charge in [0.05, 0.1) is 11.0 Å². The lowest BCUT2D eigenvalue weighted by Crippen LogP contribution is -2.00. The first-order valence-electron chi connectivity index (χ1n) is 8.27. The van der Waals surface area contributed by atoms with Crippen LogP contribution >= 0.6 is 11.6 Å². The number of fused-ring (bicyclic) bond motifs is 1. The number of aromatic amines is 1. The van der Waals surface area contributed by atoms with Crippen molar-refractivity contribution in [3.05, 3.63) is 94.5 Å². The highest BCUT2D eigenvalue weighted by atomic mass is 35.5. The number of benzene rings is 3. The van der Waals surface area contributed by atoms with Crippen molar-refractivity contribution in [1.29, 1.82) is 0 Å². The number of aromatic nitrogens is 2. The van der Waals surface area contributed by atoms with E-state index in [9.17, 15) is 4.79 Å². The van der Waals surface area contributed by atoms with Crippen LogP contribution in [0.25, 0.3) is 11.0 Å². The molecule has 0 fully saturated rings. The van der Waals surface area contributed by atoms with Crippen molar-refractivity contribution in [2.45, 2.75) is 6.54 Å². The zero-order chi connectivity index (χ0) is 17.9. The van der Waals surface area contributed by atoms with Gasteiger partial charge in [-0.3, -0.25) is 4.79 Å². The van der Waals surface area contributed by atoms with Crippen molar-refractivity contribution >= 4 is 34.4 Å². The second-order valence-corrected chi connectivity index (χ2v) is 6.43. The van der Waals surface area contributed by atoms with Crippen molar-refractivity contribution in [1.82, 2.24) is 9.97 Å². The number of hydrogen-bond acceptors (Lipinski definition) is 3. The van der Waals surface area contributed by atoms with Gasteiger partial charge >= 0.3 is 0 Å². The molecule has 0 aliphatic carbocycles. The molecule has 0 aliphatic heterocycles. The quantitative estimate of drug-likeness (QED) is 0.488. The summed E-state index contributed by atoms with van der Waals surface area (Å²) in [5, 5.41) is 3.97. The fraction of sp³-hybridized carbons (Fsp3) is 0.0476. The molecule has 0 unspecified atom stereocenters. The number of anilines is 1. The number of halogens is 1. The summed E-state index contributed by atoms with van der Waals surface area (Å²) < 4.78 is 0. The molecule has 0 saturated heterocycles. The third-order valence-corrected chi connectivity index (χ3v) is 4.41. The predicted molar refractivity (Wildman–Crippen MR) is 105 cm³/mol. The molecular weight excluding hydrogens is 346 g/mol. The number of nitrogens with one attached hydrogen (secondary N) is 2. The summed E-state index contributed by atoms with van der Waals surface area (Å²) in [5.41, 5.74) is 4.05. The lowest BCUT2D eigenvalue weighted by atomic mass is 10.0. The maximum absolute atomic E-state index is 12.6. The van der Waals surface area contributed by atoms with E-state index in [2.05, 4.69) is 15.3 Å². The molecule has 4 nitrogen and oxygen atoms in total. The molecule has 0 bridgehead atoms. The van der Waals surface area contributed by atoms with Gasteiger partial charge in [0, 0.05) is 22.7 Å². The summed E-state index contributed by atoms with van der Waals surface area (Å²) in [6.45, 7) is 0.632. The molecule has 1 heterocycles. The minimum atomic E-state index is -0.00206. The van der Waals surface area contributed by atoms with Gasteiger partial charge in [-0.1, -0.05) is 54.1 Å². The highest BCUT2D eigenvalue weighted by Gasteiger charge is 2.11. The van der Waals surface area contributed by atoms with Crippen LogP contribution in [0, 0.1) is 0 Å². The third kappa shape index (κ3) is 3.46. The van der Waals surface area contributed by atoms with E-state index in [-0.39, 0.29) is 5.78 Å². The summed E-state index contributed by atoms with van der Waals surface area (Å²) in [7, 11) is 0. The number of carbonyl (C=O) groups excluding carboxylic acids is 1. The van der Waals surface area contributed by atoms with Gasteiger partial charge in [-0.15, -0.1) is 0 Å². The van der Waals surface area contributed by atoms with Crippen LogP contribution in [0.2, 0.25) is 5.02 Å². The molecule has 0 saturated carbocycles. The second kappa shape index (κ2) is 7.02. The van der Waals surface area contributed by atoms with E-state index in [4.69, 9.17) is 11.6 Å². The van der Waals surface area contributed by atoms with Gasteiger partial charge in [0.25, 0.3) is 0 Å². The monoisotopic (exact) mass is 361 g/mol. The Bertz CT molecular complexity index is 1060. The number of rotatable bonds is 5. The van der Waals surface area contributed by atoms with E-state index < -0.39 is 0 Å². The third-order valence-electron chi connectivity index (χ3n) is 4.15. The number of ketones is 1. The van der Waals surface area contributed by atoms with Crippen molar-refractivity contribution in [3.63, 3.8) is 0 Å². The number of H-pyrrole nitrogens is 1.